The van der Waals surface area contributed by atoms with Crippen LogP contribution < -0.4 is 5.73 Å². The smallest absolute Gasteiger partial charge is 0.240 e. The minimum Gasteiger partial charge on any atom is -0.337 e. The van der Waals surface area contributed by atoms with E-state index in [4.69, 9.17) is 11.0 Å². The molecule has 0 aliphatic heterocycles. The Morgan fingerprint density at radius 2 is 2.16 bits per heavy atom. The van der Waals surface area contributed by atoms with Crippen molar-refractivity contribution in [1.82, 2.24) is 4.90 Å². The fourth-order valence-electron chi connectivity index (χ4n) is 1.80. The summed E-state index contributed by atoms with van der Waals surface area (Å²) in [7, 11) is 0. The maximum absolute atomic E-state index is 12.2. The Balaban J connectivity index is 2.82. The Labute approximate surface area is 114 Å². The Kier molecular flexibility index (Phi) is 5.53. The van der Waals surface area contributed by atoms with Gasteiger partial charge in [-0.2, -0.15) is 5.26 Å². The first-order chi connectivity index (χ1) is 8.99. The molecule has 0 unspecified atom stereocenters. The van der Waals surface area contributed by atoms with Crippen molar-refractivity contribution in [3.05, 3.63) is 35.4 Å². The maximum Gasteiger partial charge on any atom is 0.240 e. The van der Waals surface area contributed by atoms with Gasteiger partial charge in [0, 0.05) is 13.1 Å². The summed E-state index contributed by atoms with van der Waals surface area (Å²) in [5.74, 6) is 0.0758. The highest BCUT2D eigenvalue weighted by atomic mass is 16.2. The topological polar surface area (TPSA) is 70.1 Å². The number of hydrogen-bond donors (Lipinski definition) is 1. The molecule has 102 valence electrons. The minimum atomic E-state index is -0.473. The fraction of sp³-hybridized carbons (Fsp3) is 0.467. The summed E-state index contributed by atoms with van der Waals surface area (Å²) in [4.78, 5) is 13.9. The molecule has 1 rings (SSSR count). The molecule has 0 aliphatic carbocycles. The van der Waals surface area contributed by atoms with Crippen molar-refractivity contribution in [2.24, 2.45) is 11.7 Å². The van der Waals surface area contributed by atoms with Crippen LogP contribution in [0.3, 0.4) is 0 Å². The van der Waals surface area contributed by atoms with Crippen LogP contribution in [0.2, 0.25) is 0 Å². The van der Waals surface area contributed by atoms with E-state index in [9.17, 15) is 4.79 Å². The Hall–Kier alpha value is -1.86. The predicted molar refractivity (Wildman–Crippen MR) is 75.1 cm³/mol. The van der Waals surface area contributed by atoms with E-state index >= 15 is 0 Å². The van der Waals surface area contributed by atoms with Gasteiger partial charge < -0.3 is 10.6 Å². The number of rotatable bonds is 5. The second kappa shape index (κ2) is 6.91. The van der Waals surface area contributed by atoms with Gasteiger partial charge in [-0.15, -0.1) is 0 Å². The number of hydrogen-bond acceptors (Lipinski definition) is 3. The maximum atomic E-state index is 12.2. The SMILES string of the molecule is CCN(Cc1cccc(C#N)c1)C(=O)[C@@H](N)C(C)C. The van der Waals surface area contributed by atoms with Gasteiger partial charge in [-0.3, -0.25) is 4.79 Å². The number of carbonyl (C=O) groups is 1. The van der Waals surface area contributed by atoms with Gasteiger partial charge in [-0.1, -0.05) is 26.0 Å². The van der Waals surface area contributed by atoms with Crippen molar-refractivity contribution in [1.29, 1.82) is 5.26 Å². The molecule has 0 fully saturated rings. The van der Waals surface area contributed by atoms with Crippen LogP contribution >= 0.6 is 0 Å². The summed E-state index contributed by atoms with van der Waals surface area (Å²) in [5.41, 5.74) is 7.46. The molecule has 0 saturated carbocycles. The Morgan fingerprint density at radius 3 is 2.68 bits per heavy atom. The summed E-state index contributed by atoms with van der Waals surface area (Å²) < 4.78 is 0. The molecule has 0 saturated heterocycles. The molecule has 1 amide bonds. The second-order valence-electron chi connectivity index (χ2n) is 4.93. The van der Waals surface area contributed by atoms with Gasteiger partial charge in [-0.25, -0.2) is 0 Å². The van der Waals surface area contributed by atoms with Crippen LogP contribution in [0.1, 0.15) is 31.9 Å². The molecule has 1 atom stereocenters. The van der Waals surface area contributed by atoms with Crippen molar-refractivity contribution >= 4 is 5.91 Å². The molecule has 0 radical (unpaired) electrons. The minimum absolute atomic E-state index is 0.0418. The lowest BCUT2D eigenvalue weighted by Crippen LogP contribution is -2.46. The van der Waals surface area contributed by atoms with Crippen LogP contribution in [0.5, 0.6) is 0 Å². The fourth-order valence-corrected chi connectivity index (χ4v) is 1.80. The molecule has 0 aliphatic rings. The van der Waals surface area contributed by atoms with Crippen molar-refractivity contribution in [3.8, 4) is 6.07 Å². The van der Waals surface area contributed by atoms with E-state index in [0.717, 1.165) is 5.56 Å². The van der Waals surface area contributed by atoms with Crippen LogP contribution in [-0.2, 0) is 11.3 Å². The third-order valence-electron chi connectivity index (χ3n) is 3.13. The molecule has 4 nitrogen and oxygen atoms in total. The summed E-state index contributed by atoms with van der Waals surface area (Å²) in [6, 6.07) is 8.92. The lowest BCUT2D eigenvalue weighted by atomic mass is 10.0. The van der Waals surface area contributed by atoms with Crippen LogP contribution in [0.4, 0.5) is 0 Å². The summed E-state index contributed by atoms with van der Waals surface area (Å²) in [6.45, 7) is 6.90. The first kappa shape index (κ1) is 15.2. The zero-order valence-corrected chi connectivity index (χ0v) is 11.8. The monoisotopic (exact) mass is 259 g/mol. The lowest BCUT2D eigenvalue weighted by Gasteiger charge is -2.26. The molecule has 1 aromatic rings. The molecule has 2 N–H and O–H groups in total. The normalized spacial score (nSPS) is 12.0. The number of benzene rings is 1. The number of likely N-dealkylation sites (N-methyl/N-ethyl adjacent to an activating group) is 1. The van der Waals surface area contributed by atoms with Gasteiger partial charge in [0.1, 0.15) is 0 Å². The summed E-state index contributed by atoms with van der Waals surface area (Å²) in [6.07, 6.45) is 0. The summed E-state index contributed by atoms with van der Waals surface area (Å²) in [5, 5.41) is 8.87. The molecular weight excluding hydrogens is 238 g/mol. The van der Waals surface area contributed by atoms with E-state index in [1.54, 1.807) is 17.0 Å². The highest BCUT2D eigenvalue weighted by molar-refractivity contribution is 5.81. The molecule has 4 heteroatoms. The van der Waals surface area contributed by atoms with Gasteiger partial charge >= 0.3 is 0 Å². The second-order valence-corrected chi connectivity index (χ2v) is 4.93. The van der Waals surface area contributed by atoms with E-state index in [1.807, 2.05) is 32.9 Å². The third-order valence-corrected chi connectivity index (χ3v) is 3.13. The average molecular weight is 259 g/mol. The largest absolute Gasteiger partial charge is 0.337 e. The van der Waals surface area contributed by atoms with Crippen molar-refractivity contribution < 1.29 is 4.79 Å². The standard InChI is InChI=1S/C15H21N3O/c1-4-18(15(19)14(17)11(2)3)10-13-7-5-6-12(8-13)9-16/h5-8,11,14H,4,10,17H2,1-3H3/t14-/m0/s1. The summed E-state index contributed by atoms with van der Waals surface area (Å²) >= 11 is 0. The highest BCUT2D eigenvalue weighted by Gasteiger charge is 2.22. The van der Waals surface area contributed by atoms with Crippen molar-refractivity contribution in [2.75, 3.05) is 6.54 Å². The van der Waals surface area contributed by atoms with Gasteiger partial charge in [0.05, 0.1) is 17.7 Å². The number of amides is 1. The Bertz CT molecular complexity index is 477. The number of nitrogens with two attached hydrogens (primary N) is 1. The number of nitrogens with zero attached hydrogens (tertiary/aromatic N) is 2. The van der Waals surface area contributed by atoms with E-state index in [0.29, 0.717) is 18.7 Å². The molecule has 0 aromatic heterocycles. The first-order valence-electron chi connectivity index (χ1n) is 6.53. The van der Waals surface area contributed by atoms with Crippen LogP contribution in [0.25, 0.3) is 0 Å². The molecule has 19 heavy (non-hydrogen) atoms. The first-order valence-corrected chi connectivity index (χ1v) is 6.53. The van der Waals surface area contributed by atoms with E-state index < -0.39 is 6.04 Å². The van der Waals surface area contributed by atoms with Gasteiger partial charge in [0.15, 0.2) is 0 Å². The van der Waals surface area contributed by atoms with Crippen molar-refractivity contribution in [3.63, 3.8) is 0 Å². The van der Waals surface area contributed by atoms with Crippen LogP contribution in [0, 0.1) is 17.2 Å². The molecule has 0 spiro atoms. The number of nitriles is 1. The van der Waals surface area contributed by atoms with E-state index in [2.05, 4.69) is 6.07 Å². The van der Waals surface area contributed by atoms with Gasteiger partial charge in [-0.05, 0) is 30.5 Å². The zero-order chi connectivity index (χ0) is 14.4. The zero-order valence-electron chi connectivity index (χ0n) is 11.8. The van der Waals surface area contributed by atoms with Gasteiger partial charge in [0.25, 0.3) is 0 Å². The van der Waals surface area contributed by atoms with E-state index in [-0.39, 0.29) is 11.8 Å². The molecule has 1 aromatic carbocycles. The third kappa shape index (κ3) is 4.08. The van der Waals surface area contributed by atoms with Crippen molar-refractivity contribution in [2.45, 2.75) is 33.4 Å². The number of carbonyl (C=O) groups excluding carboxylic acids is 1. The molecule has 0 bridgehead atoms. The quantitative estimate of drug-likeness (QED) is 0.877. The van der Waals surface area contributed by atoms with E-state index in [1.165, 1.54) is 0 Å². The Morgan fingerprint density at radius 1 is 1.47 bits per heavy atom. The van der Waals surface area contributed by atoms with Crippen LogP contribution in [-0.4, -0.2) is 23.4 Å². The molecule has 0 heterocycles. The average Bonchev–Trinajstić information content (AvgIpc) is 2.43. The lowest BCUT2D eigenvalue weighted by molar-refractivity contribution is -0.134. The predicted octanol–water partition coefficient (Wildman–Crippen LogP) is 1.89. The van der Waals surface area contributed by atoms with Gasteiger partial charge in [0.2, 0.25) is 5.91 Å². The molecular formula is C15H21N3O. The highest BCUT2D eigenvalue weighted by Crippen LogP contribution is 2.10. The van der Waals surface area contributed by atoms with Crippen LogP contribution in [0.15, 0.2) is 24.3 Å².